The van der Waals surface area contributed by atoms with Crippen molar-refractivity contribution >= 4 is 23.4 Å². The molecule has 0 atom stereocenters. The molecular weight excluding hydrogens is 392 g/mol. The number of nitrogens with one attached hydrogen (secondary N) is 1. The van der Waals surface area contributed by atoms with Crippen molar-refractivity contribution in [2.45, 2.75) is 26.3 Å². The summed E-state index contributed by atoms with van der Waals surface area (Å²) < 4.78 is 11.3. The maximum Gasteiger partial charge on any atom is 0.251 e. The Bertz CT molecular complexity index is 854. The first-order chi connectivity index (χ1) is 14.1. The largest absolute Gasteiger partial charge is 0.486 e. The number of benzene rings is 2. The molecular formula is C22H25ClN2O4. The van der Waals surface area contributed by atoms with Crippen molar-refractivity contribution in [3.63, 3.8) is 0 Å². The number of carbonyl (C=O) groups excluding carboxylic acids is 2. The van der Waals surface area contributed by atoms with E-state index in [0.29, 0.717) is 56.3 Å². The predicted octanol–water partition coefficient (Wildman–Crippen LogP) is 3.67. The Balaban J connectivity index is 1.48. The maximum absolute atomic E-state index is 12.6. The van der Waals surface area contributed by atoms with Crippen molar-refractivity contribution in [3.8, 4) is 11.5 Å². The Hall–Kier alpha value is -2.73. The summed E-state index contributed by atoms with van der Waals surface area (Å²) in [7, 11) is 0. The van der Waals surface area contributed by atoms with Gasteiger partial charge >= 0.3 is 0 Å². The molecule has 6 nitrogen and oxygen atoms in total. The van der Waals surface area contributed by atoms with E-state index in [4.69, 9.17) is 21.1 Å². The molecule has 1 heterocycles. The fourth-order valence-electron chi connectivity index (χ4n) is 3.14. The van der Waals surface area contributed by atoms with E-state index in [9.17, 15) is 9.59 Å². The Morgan fingerprint density at radius 3 is 2.62 bits per heavy atom. The lowest BCUT2D eigenvalue weighted by Gasteiger charge is -2.25. The molecule has 0 saturated heterocycles. The van der Waals surface area contributed by atoms with E-state index >= 15 is 0 Å². The van der Waals surface area contributed by atoms with Gasteiger partial charge in [-0.2, -0.15) is 0 Å². The van der Waals surface area contributed by atoms with Crippen LogP contribution < -0.4 is 14.8 Å². The third-order valence-electron chi connectivity index (χ3n) is 4.70. The third kappa shape index (κ3) is 5.64. The zero-order chi connectivity index (χ0) is 20.6. The number of nitrogens with zero attached hydrogens (tertiary/aromatic N) is 1. The zero-order valence-corrected chi connectivity index (χ0v) is 17.2. The van der Waals surface area contributed by atoms with Gasteiger partial charge in [0.1, 0.15) is 13.2 Å². The first-order valence-electron chi connectivity index (χ1n) is 9.77. The molecule has 29 heavy (non-hydrogen) atoms. The van der Waals surface area contributed by atoms with Crippen LogP contribution in [0.5, 0.6) is 11.5 Å². The van der Waals surface area contributed by atoms with Gasteiger partial charge in [0.25, 0.3) is 5.91 Å². The van der Waals surface area contributed by atoms with Crippen molar-refractivity contribution in [3.05, 3.63) is 58.6 Å². The van der Waals surface area contributed by atoms with Crippen LogP contribution in [-0.4, -0.2) is 43.0 Å². The van der Waals surface area contributed by atoms with Crippen LogP contribution in [0, 0.1) is 0 Å². The fourth-order valence-corrected chi connectivity index (χ4v) is 3.27. The molecule has 1 aliphatic rings. The van der Waals surface area contributed by atoms with Gasteiger partial charge in [-0.25, -0.2) is 0 Å². The number of carbonyl (C=O) groups is 2. The van der Waals surface area contributed by atoms with E-state index in [-0.39, 0.29) is 11.8 Å². The van der Waals surface area contributed by atoms with Gasteiger partial charge in [-0.3, -0.25) is 9.59 Å². The van der Waals surface area contributed by atoms with Crippen LogP contribution in [0.15, 0.2) is 42.5 Å². The van der Waals surface area contributed by atoms with Gasteiger partial charge in [-0.1, -0.05) is 23.7 Å². The number of rotatable bonds is 8. The van der Waals surface area contributed by atoms with Crippen molar-refractivity contribution < 1.29 is 19.1 Å². The van der Waals surface area contributed by atoms with Crippen LogP contribution >= 0.6 is 11.6 Å². The Labute approximate surface area is 175 Å². The molecule has 1 N–H and O–H groups in total. The monoisotopic (exact) mass is 416 g/mol. The van der Waals surface area contributed by atoms with Crippen LogP contribution in [0.3, 0.4) is 0 Å². The smallest absolute Gasteiger partial charge is 0.251 e. The minimum absolute atomic E-state index is 0.0440. The molecule has 0 aromatic heterocycles. The minimum atomic E-state index is -0.172. The molecule has 1 aliphatic heterocycles. The number of amides is 2. The molecule has 0 spiro atoms. The summed E-state index contributed by atoms with van der Waals surface area (Å²) in [5, 5.41) is 3.42. The summed E-state index contributed by atoms with van der Waals surface area (Å²) in [6.45, 7) is 4.50. The van der Waals surface area contributed by atoms with E-state index in [2.05, 4.69) is 5.32 Å². The van der Waals surface area contributed by atoms with Gasteiger partial charge < -0.3 is 19.7 Å². The molecule has 0 fully saturated rings. The summed E-state index contributed by atoms with van der Waals surface area (Å²) in [6, 6.07) is 12.4. The SMILES string of the molecule is CCN(Cc1cccc2c1OCCO2)C(=O)CCCNC(=O)c1ccc(Cl)cc1. The Kier molecular flexibility index (Phi) is 7.36. The average Bonchev–Trinajstić information content (AvgIpc) is 2.75. The first-order valence-corrected chi connectivity index (χ1v) is 10.2. The number of halogens is 1. The van der Waals surface area contributed by atoms with Crippen LogP contribution in [-0.2, 0) is 11.3 Å². The molecule has 7 heteroatoms. The second-order valence-electron chi connectivity index (χ2n) is 6.72. The second-order valence-corrected chi connectivity index (χ2v) is 7.15. The van der Waals surface area contributed by atoms with Gasteiger partial charge in [-0.05, 0) is 43.7 Å². The van der Waals surface area contributed by atoms with E-state index in [0.717, 1.165) is 17.1 Å². The standard InChI is InChI=1S/C22H25ClN2O4/c1-2-25(15-17-5-3-6-19-21(17)29-14-13-28-19)20(26)7-4-12-24-22(27)16-8-10-18(23)11-9-16/h3,5-6,8-11H,2,4,7,12-15H2,1H3,(H,24,27). The highest BCUT2D eigenvalue weighted by atomic mass is 35.5. The number of hydrogen-bond donors (Lipinski definition) is 1. The van der Waals surface area contributed by atoms with Crippen molar-refractivity contribution in [2.75, 3.05) is 26.3 Å². The van der Waals surface area contributed by atoms with Crippen molar-refractivity contribution in [2.24, 2.45) is 0 Å². The van der Waals surface area contributed by atoms with Crippen molar-refractivity contribution in [1.82, 2.24) is 10.2 Å². The summed E-state index contributed by atoms with van der Waals surface area (Å²) >= 11 is 5.83. The molecule has 0 saturated carbocycles. The van der Waals surface area contributed by atoms with Crippen LogP contribution in [0.25, 0.3) is 0 Å². The zero-order valence-electron chi connectivity index (χ0n) is 16.4. The van der Waals surface area contributed by atoms with Gasteiger partial charge in [0.2, 0.25) is 5.91 Å². The van der Waals surface area contributed by atoms with Gasteiger partial charge in [0.15, 0.2) is 11.5 Å². The molecule has 2 aromatic rings. The second kappa shape index (κ2) is 10.2. The molecule has 0 radical (unpaired) electrons. The van der Waals surface area contributed by atoms with E-state index in [1.807, 2.05) is 25.1 Å². The van der Waals surface area contributed by atoms with E-state index < -0.39 is 0 Å². The number of hydrogen-bond acceptors (Lipinski definition) is 4. The number of para-hydroxylation sites is 1. The highest BCUT2D eigenvalue weighted by Gasteiger charge is 2.19. The summed E-state index contributed by atoms with van der Waals surface area (Å²) in [5.74, 6) is 1.32. The predicted molar refractivity (Wildman–Crippen MR) is 112 cm³/mol. The quantitative estimate of drug-likeness (QED) is 0.667. The first kappa shape index (κ1) is 21.0. The summed E-state index contributed by atoms with van der Waals surface area (Å²) in [6.07, 6.45) is 0.933. The Morgan fingerprint density at radius 2 is 1.86 bits per heavy atom. The topological polar surface area (TPSA) is 67.9 Å². The lowest BCUT2D eigenvalue weighted by molar-refractivity contribution is -0.131. The van der Waals surface area contributed by atoms with Crippen LogP contribution in [0.2, 0.25) is 5.02 Å². The van der Waals surface area contributed by atoms with E-state index in [1.54, 1.807) is 29.2 Å². The highest BCUT2D eigenvalue weighted by Crippen LogP contribution is 2.34. The minimum Gasteiger partial charge on any atom is -0.486 e. The van der Waals surface area contributed by atoms with Gasteiger partial charge in [-0.15, -0.1) is 0 Å². The average molecular weight is 417 g/mol. The van der Waals surface area contributed by atoms with Crippen molar-refractivity contribution in [1.29, 1.82) is 0 Å². The number of ether oxygens (including phenoxy) is 2. The molecule has 3 rings (SSSR count). The van der Waals surface area contributed by atoms with Gasteiger partial charge in [0.05, 0.1) is 0 Å². The highest BCUT2D eigenvalue weighted by molar-refractivity contribution is 6.30. The molecule has 2 aromatic carbocycles. The summed E-state index contributed by atoms with van der Waals surface area (Å²) in [5.41, 5.74) is 1.49. The third-order valence-corrected chi connectivity index (χ3v) is 4.95. The molecule has 0 unspecified atom stereocenters. The normalized spacial score (nSPS) is 12.3. The molecule has 0 bridgehead atoms. The fraction of sp³-hybridized carbons (Fsp3) is 0.364. The maximum atomic E-state index is 12.6. The Morgan fingerprint density at radius 1 is 1.10 bits per heavy atom. The molecule has 0 aliphatic carbocycles. The molecule has 154 valence electrons. The lowest BCUT2D eigenvalue weighted by Crippen LogP contribution is -2.32. The summed E-state index contributed by atoms with van der Waals surface area (Å²) in [4.78, 5) is 26.5. The van der Waals surface area contributed by atoms with Crippen LogP contribution in [0.1, 0.15) is 35.7 Å². The van der Waals surface area contributed by atoms with E-state index in [1.165, 1.54) is 0 Å². The van der Waals surface area contributed by atoms with Gasteiger partial charge in [0, 0.05) is 42.2 Å². The lowest BCUT2D eigenvalue weighted by atomic mass is 10.1. The van der Waals surface area contributed by atoms with Crippen LogP contribution in [0.4, 0.5) is 0 Å². The molecule has 2 amide bonds. The number of fused-ring (bicyclic) bond motifs is 1.